The summed E-state index contributed by atoms with van der Waals surface area (Å²) >= 11 is 0. The molecule has 3 rings (SSSR count). The Balaban J connectivity index is 0.00000225. The first-order valence-electron chi connectivity index (χ1n) is 8.05. The molecule has 0 aliphatic carbocycles. The monoisotopic (exact) mass is 364 g/mol. The maximum Gasteiger partial charge on any atom is 0.253 e. The molecule has 1 aliphatic heterocycles. The number of carbonyl (C=O) groups is 1. The van der Waals surface area contributed by atoms with Crippen molar-refractivity contribution in [3.8, 4) is 11.1 Å². The Hall–Kier alpha value is -1.95. The normalized spacial score (nSPS) is 19.8. The van der Waals surface area contributed by atoms with Crippen molar-refractivity contribution in [3.63, 3.8) is 0 Å². The van der Waals surface area contributed by atoms with E-state index in [-0.39, 0.29) is 24.1 Å². The van der Waals surface area contributed by atoms with E-state index in [9.17, 15) is 9.18 Å². The van der Waals surface area contributed by atoms with E-state index in [4.69, 9.17) is 4.74 Å². The zero-order valence-corrected chi connectivity index (χ0v) is 14.9. The van der Waals surface area contributed by atoms with Crippen molar-refractivity contribution < 1.29 is 13.9 Å². The summed E-state index contributed by atoms with van der Waals surface area (Å²) in [7, 11) is 1.62. The molecule has 1 atom stereocenters. The summed E-state index contributed by atoms with van der Waals surface area (Å²) < 4.78 is 19.1. The summed E-state index contributed by atoms with van der Waals surface area (Å²) in [6, 6.07) is 14.2. The van der Waals surface area contributed by atoms with E-state index in [0.29, 0.717) is 19.6 Å². The number of likely N-dealkylation sites (N-methyl/N-ethyl adjacent to an activating group) is 1. The third-order valence-corrected chi connectivity index (χ3v) is 4.36. The number of morpholine rings is 1. The van der Waals surface area contributed by atoms with Crippen LogP contribution in [0.4, 0.5) is 4.39 Å². The van der Waals surface area contributed by atoms with Crippen LogP contribution in [0.2, 0.25) is 0 Å². The van der Waals surface area contributed by atoms with Crippen molar-refractivity contribution in [2.24, 2.45) is 0 Å². The van der Waals surface area contributed by atoms with Gasteiger partial charge < -0.3 is 15.4 Å². The van der Waals surface area contributed by atoms with E-state index < -0.39 is 5.60 Å². The summed E-state index contributed by atoms with van der Waals surface area (Å²) in [5.41, 5.74) is 1.97. The van der Waals surface area contributed by atoms with Gasteiger partial charge in [-0.15, -0.1) is 12.4 Å². The van der Waals surface area contributed by atoms with Crippen LogP contribution in [-0.2, 0) is 16.0 Å². The zero-order valence-electron chi connectivity index (χ0n) is 14.0. The number of rotatable bonds is 4. The van der Waals surface area contributed by atoms with Gasteiger partial charge in [-0.3, -0.25) is 4.79 Å². The van der Waals surface area contributed by atoms with Gasteiger partial charge in [-0.1, -0.05) is 36.4 Å². The fourth-order valence-electron chi connectivity index (χ4n) is 3.12. The van der Waals surface area contributed by atoms with E-state index >= 15 is 0 Å². The molecule has 1 aliphatic rings. The third kappa shape index (κ3) is 4.18. The van der Waals surface area contributed by atoms with E-state index in [1.165, 1.54) is 12.1 Å². The van der Waals surface area contributed by atoms with Crippen molar-refractivity contribution in [1.82, 2.24) is 10.6 Å². The number of hydrogen-bond donors (Lipinski definition) is 2. The molecular weight excluding hydrogens is 343 g/mol. The van der Waals surface area contributed by atoms with E-state index in [1.807, 2.05) is 24.3 Å². The number of hydrogen-bond acceptors (Lipinski definition) is 3. The van der Waals surface area contributed by atoms with Gasteiger partial charge >= 0.3 is 0 Å². The average Bonchev–Trinajstić information content (AvgIpc) is 2.63. The second-order valence-corrected chi connectivity index (χ2v) is 5.94. The molecule has 1 amide bonds. The molecular formula is C19H22ClFN2O2. The molecule has 2 N–H and O–H groups in total. The van der Waals surface area contributed by atoms with Crippen LogP contribution in [0.1, 0.15) is 5.56 Å². The Kier molecular flexibility index (Phi) is 6.53. The van der Waals surface area contributed by atoms with Gasteiger partial charge in [0.2, 0.25) is 0 Å². The minimum Gasteiger partial charge on any atom is -0.362 e. The van der Waals surface area contributed by atoms with Gasteiger partial charge in [-0.25, -0.2) is 4.39 Å². The standard InChI is InChI=1S/C19H21FN2O2.ClH/c1-21-18(23)19(13-22-10-11-24-19)12-15-4-2-3-5-17(15)14-6-8-16(20)9-7-14;/h2-9,22H,10-13H2,1H3,(H,21,23);1H. The van der Waals surface area contributed by atoms with Gasteiger partial charge in [0.05, 0.1) is 6.61 Å². The second kappa shape index (κ2) is 8.43. The van der Waals surface area contributed by atoms with Gasteiger partial charge in [0.15, 0.2) is 5.60 Å². The molecule has 1 saturated heterocycles. The predicted molar refractivity (Wildman–Crippen MR) is 98.4 cm³/mol. The Morgan fingerprint density at radius 1 is 1.24 bits per heavy atom. The molecule has 134 valence electrons. The highest BCUT2D eigenvalue weighted by Gasteiger charge is 2.41. The topological polar surface area (TPSA) is 50.4 Å². The second-order valence-electron chi connectivity index (χ2n) is 5.94. The van der Waals surface area contributed by atoms with Crippen molar-refractivity contribution in [1.29, 1.82) is 0 Å². The molecule has 4 nitrogen and oxygen atoms in total. The summed E-state index contributed by atoms with van der Waals surface area (Å²) in [5, 5.41) is 5.95. The van der Waals surface area contributed by atoms with Gasteiger partial charge in [-0.05, 0) is 28.8 Å². The maximum atomic E-state index is 13.2. The first-order chi connectivity index (χ1) is 11.6. The lowest BCUT2D eigenvalue weighted by molar-refractivity contribution is -0.150. The molecule has 0 radical (unpaired) electrons. The molecule has 1 fully saturated rings. The van der Waals surface area contributed by atoms with Crippen molar-refractivity contribution in [2.45, 2.75) is 12.0 Å². The van der Waals surface area contributed by atoms with Crippen LogP contribution < -0.4 is 10.6 Å². The van der Waals surface area contributed by atoms with Crippen LogP contribution in [0.25, 0.3) is 11.1 Å². The van der Waals surface area contributed by atoms with Gasteiger partial charge in [0, 0.05) is 26.6 Å². The summed E-state index contributed by atoms with van der Waals surface area (Å²) in [4.78, 5) is 12.5. The van der Waals surface area contributed by atoms with Crippen molar-refractivity contribution in [3.05, 3.63) is 59.9 Å². The first kappa shape index (κ1) is 19.4. The lowest BCUT2D eigenvalue weighted by Crippen LogP contribution is -2.59. The highest BCUT2D eigenvalue weighted by atomic mass is 35.5. The maximum absolute atomic E-state index is 13.2. The molecule has 6 heteroatoms. The van der Waals surface area contributed by atoms with E-state index in [2.05, 4.69) is 10.6 Å². The number of carbonyl (C=O) groups excluding carboxylic acids is 1. The third-order valence-electron chi connectivity index (χ3n) is 4.36. The van der Waals surface area contributed by atoms with E-state index in [1.54, 1.807) is 19.2 Å². The van der Waals surface area contributed by atoms with Gasteiger partial charge in [0.25, 0.3) is 5.91 Å². The lowest BCUT2D eigenvalue weighted by atomic mass is 9.87. The fraction of sp³-hybridized carbons (Fsp3) is 0.316. The largest absolute Gasteiger partial charge is 0.362 e. The predicted octanol–water partition coefficient (Wildman–Crippen LogP) is 2.56. The lowest BCUT2D eigenvalue weighted by Gasteiger charge is -2.36. The molecule has 0 aromatic heterocycles. The minimum atomic E-state index is -0.927. The van der Waals surface area contributed by atoms with Crippen molar-refractivity contribution >= 4 is 18.3 Å². The molecule has 1 heterocycles. The Bertz CT molecular complexity index is 716. The summed E-state index contributed by atoms with van der Waals surface area (Å²) in [6.45, 7) is 1.69. The highest BCUT2D eigenvalue weighted by Crippen LogP contribution is 2.29. The number of ether oxygens (including phenoxy) is 1. The number of nitrogens with one attached hydrogen (secondary N) is 2. The highest BCUT2D eigenvalue weighted by molar-refractivity contribution is 5.86. The molecule has 25 heavy (non-hydrogen) atoms. The van der Waals surface area contributed by atoms with Crippen LogP contribution in [0, 0.1) is 5.82 Å². The SMILES string of the molecule is CNC(=O)C1(Cc2ccccc2-c2ccc(F)cc2)CNCCO1.Cl. The Morgan fingerprint density at radius 2 is 1.96 bits per heavy atom. The fourth-order valence-corrected chi connectivity index (χ4v) is 3.12. The van der Waals surface area contributed by atoms with Crippen LogP contribution in [0.5, 0.6) is 0 Å². The number of halogens is 2. The molecule has 1 unspecified atom stereocenters. The van der Waals surface area contributed by atoms with Gasteiger partial charge in [-0.2, -0.15) is 0 Å². The molecule has 0 saturated carbocycles. The van der Waals surface area contributed by atoms with Crippen molar-refractivity contribution in [2.75, 3.05) is 26.7 Å². The first-order valence-corrected chi connectivity index (χ1v) is 8.05. The number of benzene rings is 2. The molecule has 2 aromatic rings. The minimum absolute atomic E-state index is 0. The van der Waals surface area contributed by atoms with Gasteiger partial charge in [0.1, 0.15) is 5.82 Å². The average molecular weight is 365 g/mol. The van der Waals surface area contributed by atoms with Crippen LogP contribution in [-0.4, -0.2) is 38.3 Å². The zero-order chi connectivity index (χ0) is 17.0. The number of amides is 1. The quantitative estimate of drug-likeness (QED) is 0.876. The Labute approximate surface area is 153 Å². The summed E-state index contributed by atoms with van der Waals surface area (Å²) in [6.07, 6.45) is 0.452. The molecule has 0 spiro atoms. The van der Waals surface area contributed by atoms with E-state index in [0.717, 1.165) is 23.2 Å². The van der Waals surface area contributed by atoms with Crippen LogP contribution >= 0.6 is 12.4 Å². The molecule has 0 bridgehead atoms. The van der Waals surface area contributed by atoms with Crippen LogP contribution in [0.15, 0.2) is 48.5 Å². The smallest absolute Gasteiger partial charge is 0.253 e. The molecule has 2 aromatic carbocycles. The Morgan fingerprint density at radius 3 is 2.60 bits per heavy atom. The van der Waals surface area contributed by atoms with Crippen LogP contribution in [0.3, 0.4) is 0 Å². The summed E-state index contributed by atoms with van der Waals surface area (Å²) in [5.74, 6) is -0.401.